The first kappa shape index (κ1) is 17.1. The summed E-state index contributed by atoms with van der Waals surface area (Å²) in [7, 11) is -1.22. The van der Waals surface area contributed by atoms with Gasteiger partial charge in [0.2, 0.25) is 0 Å². The molecule has 2 aliphatic rings. The highest BCUT2D eigenvalue weighted by molar-refractivity contribution is 7.98. The molecule has 4 nitrogen and oxygen atoms in total. The van der Waals surface area contributed by atoms with Gasteiger partial charge >= 0.3 is 0 Å². The molecular formula is C19H22N2O2S2. The first-order chi connectivity index (χ1) is 12.0. The fourth-order valence-corrected chi connectivity index (χ4v) is 5.40. The van der Waals surface area contributed by atoms with Crippen molar-refractivity contribution in [3.63, 3.8) is 0 Å². The predicted molar refractivity (Wildman–Crippen MR) is 102 cm³/mol. The van der Waals surface area contributed by atoms with Crippen LogP contribution in [-0.2, 0) is 15.6 Å². The quantitative estimate of drug-likeness (QED) is 0.895. The van der Waals surface area contributed by atoms with Crippen molar-refractivity contribution in [2.45, 2.75) is 27.6 Å². The SMILES string of the molecule is CNC1CN(C2c3cc(S(C)(=O)=O)ccc3CSc3ccccc32)C1. The van der Waals surface area contributed by atoms with E-state index in [1.165, 1.54) is 22.3 Å². The van der Waals surface area contributed by atoms with Gasteiger partial charge in [-0.15, -0.1) is 11.8 Å². The van der Waals surface area contributed by atoms with Crippen molar-refractivity contribution in [3.05, 3.63) is 59.2 Å². The minimum atomic E-state index is -3.22. The Morgan fingerprint density at radius 1 is 1.12 bits per heavy atom. The van der Waals surface area contributed by atoms with E-state index in [4.69, 9.17) is 0 Å². The lowest BCUT2D eigenvalue weighted by molar-refractivity contribution is 0.0963. The van der Waals surface area contributed by atoms with Gasteiger partial charge in [-0.2, -0.15) is 0 Å². The molecule has 0 bridgehead atoms. The summed E-state index contributed by atoms with van der Waals surface area (Å²) >= 11 is 1.84. The molecule has 0 aliphatic carbocycles. The summed E-state index contributed by atoms with van der Waals surface area (Å²) < 4.78 is 24.2. The van der Waals surface area contributed by atoms with E-state index in [2.05, 4.69) is 34.5 Å². The van der Waals surface area contributed by atoms with Crippen LogP contribution in [-0.4, -0.2) is 45.8 Å². The normalized spacial score (nSPS) is 21.1. The number of nitrogens with zero attached hydrogens (tertiary/aromatic N) is 1. The van der Waals surface area contributed by atoms with Crippen LogP contribution >= 0.6 is 11.8 Å². The van der Waals surface area contributed by atoms with Crippen LogP contribution in [0.15, 0.2) is 52.3 Å². The van der Waals surface area contributed by atoms with Gasteiger partial charge in [0.05, 0.1) is 10.9 Å². The zero-order chi connectivity index (χ0) is 17.6. The second-order valence-corrected chi connectivity index (χ2v) is 9.83. The zero-order valence-corrected chi connectivity index (χ0v) is 16.0. The highest BCUT2D eigenvalue weighted by Crippen LogP contribution is 2.44. The molecule has 1 unspecified atom stereocenters. The lowest BCUT2D eigenvalue weighted by Gasteiger charge is -2.45. The Labute approximate surface area is 153 Å². The average molecular weight is 375 g/mol. The van der Waals surface area contributed by atoms with E-state index in [1.807, 2.05) is 30.9 Å². The Hall–Kier alpha value is -1.34. The third-order valence-corrected chi connectivity index (χ3v) is 7.37. The summed E-state index contributed by atoms with van der Waals surface area (Å²) in [5.41, 5.74) is 3.65. The van der Waals surface area contributed by atoms with Gasteiger partial charge in [-0.25, -0.2) is 8.42 Å². The molecule has 4 rings (SSSR count). The summed E-state index contributed by atoms with van der Waals surface area (Å²) in [5, 5.41) is 3.33. The minimum absolute atomic E-state index is 0.118. The molecular weight excluding hydrogens is 352 g/mol. The monoisotopic (exact) mass is 374 g/mol. The smallest absolute Gasteiger partial charge is 0.175 e. The average Bonchev–Trinajstić information content (AvgIpc) is 2.70. The number of sulfone groups is 1. The molecule has 2 aliphatic heterocycles. The largest absolute Gasteiger partial charge is 0.315 e. The van der Waals surface area contributed by atoms with Crippen molar-refractivity contribution in [2.24, 2.45) is 0 Å². The number of hydrogen-bond donors (Lipinski definition) is 1. The third-order valence-electron chi connectivity index (χ3n) is 5.12. The fourth-order valence-electron chi connectivity index (χ4n) is 3.65. The second-order valence-electron chi connectivity index (χ2n) is 6.80. The van der Waals surface area contributed by atoms with Gasteiger partial charge in [0.15, 0.2) is 9.84 Å². The lowest BCUT2D eigenvalue weighted by atomic mass is 9.90. The first-order valence-corrected chi connectivity index (χ1v) is 11.3. The van der Waals surface area contributed by atoms with E-state index < -0.39 is 9.84 Å². The van der Waals surface area contributed by atoms with Gasteiger partial charge < -0.3 is 5.32 Å². The Morgan fingerprint density at radius 3 is 2.60 bits per heavy atom. The first-order valence-electron chi connectivity index (χ1n) is 8.43. The number of likely N-dealkylation sites (N-methyl/N-ethyl adjacent to an activating group) is 1. The van der Waals surface area contributed by atoms with Crippen molar-refractivity contribution in [3.8, 4) is 0 Å². The summed E-state index contributed by atoms with van der Waals surface area (Å²) in [6, 6.07) is 14.8. The molecule has 6 heteroatoms. The molecule has 2 aromatic rings. The van der Waals surface area contributed by atoms with Crippen molar-refractivity contribution in [1.29, 1.82) is 0 Å². The van der Waals surface area contributed by atoms with E-state index in [-0.39, 0.29) is 6.04 Å². The van der Waals surface area contributed by atoms with Crippen molar-refractivity contribution in [2.75, 3.05) is 26.4 Å². The number of rotatable bonds is 3. The molecule has 2 aromatic carbocycles. The number of fused-ring (bicyclic) bond motifs is 2. The number of nitrogens with one attached hydrogen (secondary N) is 1. The predicted octanol–water partition coefficient (Wildman–Crippen LogP) is 2.69. The minimum Gasteiger partial charge on any atom is -0.315 e. The van der Waals surface area contributed by atoms with Crippen molar-refractivity contribution >= 4 is 21.6 Å². The van der Waals surface area contributed by atoms with Gasteiger partial charge in [-0.1, -0.05) is 24.3 Å². The van der Waals surface area contributed by atoms with E-state index in [1.54, 1.807) is 6.07 Å². The summed E-state index contributed by atoms with van der Waals surface area (Å²) in [5.74, 6) is 0.871. The van der Waals surface area contributed by atoms with Gasteiger partial charge in [0, 0.05) is 36.0 Å². The molecule has 1 saturated heterocycles. The Bertz CT molecular complexity index is 905. The maximum absolute atomic E-state index is 12.1. The Morgan fingerprint density at radius 2 is 1.88 bits per heavy atom. The summed E-state index contributed by atoms with van der Waals surface area (Å²) in [6.07, 6.45) is 1.28. The molecule has 2 heterocycles. The molecule has 1 N–H and O–H groups in total. The van der Waals surface area contributed by atoms with Crippen molar-refractivity contribution < 1.29 is 8.42 Å². The summed E-state index contributed by atoms with van der Waals surface area (Å²) in [4.78, 5) is 4.14. The number of hydrogen-bond acceptors (Lipinski definition) is 5. The van der Waals surface area contributed by atoms with Crippen LogP contribution in [0.25, 0.3) is 0 Å². The van der Waals surface area contributed by atoms with E-state index in [0.717, 1.165) is 24.4 Å². The van der Waals surface area contributed by atoms with Crippen LogP contribution < -0.4 is 5.32 Å². The Balaban J connectivity index is 1.85. The van der Waals surface area contributed by atoms with Crippen LogP contribution in [0.2, 0.25) is 0 Å². The van der Waals surface area contributed by atoms with Gasteiger partial charge in [-0.3, -0.25) is 4.90 Å². The lowest BCUT2D eigenvalue weighted by Crippen LogP contribution is -2.58. The van der Waals surface area contributed by atoms with Crippen LogP contribution in [0, 0.1) is 0 Å². The van der Waals surface area contributed by atoms with Crippen LogP contribution in [0.1, 0.15) is 22.7 Å². The molecule has 0 aromatic heterocycles. The molecule has 0 amide bonds. The van der Waals surface area contributed by atoms with Crippen LogP contribution in [0.4, 0.5) is 0 Å². The fraction of sp³-hybridized carbons (Fsp3) is 0.368. The topological polar surface area (TPSA) is 49.4 Å². The number of benzene rings is 2. The molecule has 1 atom stereocenters. The molecule has 0 saturated carbocycles. The molecule has 1 fully saturated rings. The summed E-state index contributed by atoms with van der Waals surface area (Å²) in [6.45, 7) is 1.95. The van der Waals surface area contributed by atoms with Gasteiger partial charge in [0.1, 0.15) is 0 Å². The van der Waals surface area contributed by atoms with E-state index in [0.29, 0.717) is 10.9 Å². The second kappa shape index (κ2) is 6.43. The van der Waals surface area contributed by atoms with Gasteiger partial charge in [-0.05, 0) is 41.9 Å². The molecule has 0 spiro atoms. The third kappa shape index (κ3) is 3.12. The van der Waals surface area contributed by atoms with E-state index in [9.17, 15) is 8.42 Å². The highest BCUT2D eigenvalue weighted by Gasteiger charge is 2.36. The molecule has 0 radical (unpaired) electrons. The highest BCUT2D eigenvalue weighted by atomic mass is 32.2. The number of likely N-dealkylation sites (tertiary alicyclic amines) is 1. The standard InChI is InChI=1S/C19H22N2O2S2/c1-20-14-10-21(11-14)19-16-5-3-4-6-18(16)24-12-13-7-8-15(9-17(13)19)25(2,22)23/h3-9,14,19-20H,10-12H2,1-2H3. The molecule has 25 heavy (non-hydrogen) atoms. The van der Waals surface area contributed by atoms with Crippen LogP contribution in [0.5, 0.6) is 0 Å². The molecule has 132 valence electrons. The van der Waals surface area contributed by atoms with Crippen LogP contribution in [0.3, 0.4) is 0 Å². The maximum atomic E-state index is 12.1. The Kier molecular flexibility index (Phi) is 4.40. The number of thioether (sulfide) groups is 1. The zero-order valence-electron chi connectivity index (χ0n) is 14.4. The van der Waals surface area contributed by atoms with Gasteiger partial charge in [0.25, 0.3) is 0 Å². The maximum Gasteiger partial charge on any atom is 0.175 e. The van der Waals surface area contributed by atoms with Crippen molar-refractivity contribution in [1.82, 2.24) is 10.2 Å². The van der Waals surface area contributed by atoms with E-state index >= 15 is 0 Å².